The molecule has 0 spiro atoms. The predicted molar refractivity (Wildman–Crippen MR) is 52.5 cm³/mol. The van der Waals surface area contributed by atoms with Gasteiger partial charge in [0.25, 0.3) is 0 Å². The van der Waals surface area contributed by atoms with Gasteiger partial charge < -0.3 is 18.9 Å². The van der Waals surface area contributed by atoms with Crippen molar-refractivity contribution in [2.75, 3.05) is 7.11 Å². The molecule has 1 aliphatic heterocycles. The maximum absolute atomic E-state index is 10.9. The van der Waals surface area contributed by atoms with E-state index >= 15 is 0 Å². The molecule has 92 valence electrons. The summed E-state index contributed by atoms with van der Waals surface area (Å²) >= 11 is 0. The van der Waals surface area contributed by atoms with Crippen molar-refractivity contribution >= 4 is 11.9 Å². The molecule has 0 aromatic heterocycles. The van der Waals surface area contributed by atoms with Crippen molar-refractivity contribution in [1.29, 1.82) is 0 Å². The second kappa shape index (κ2) is 5.27. The number of carbonyl (C=O) groups is 2. The lowest BCUT2D eigenvalue weighted by atomic mass is 10.1. The molecular formula is C10H16O6. The van der Waals surface area contributed by atoms with Crippen molar-refractivity contribution in [2.24, 2.45) is 0 Å². The SMILES string of the molecule is COC1O[C@@H](C)[C@H](OC(C)=O)[C@@H]1OC(C)=O. The van der Waals surface area contributed by atoms with Gasteiger partial charge in [0, 0.05) is 21.0 Å². The van der Waals surface area contributed by atoms with Gasteiger partial charge in [0.2, 0.25) is 0 Å². The highest BCUT2D eigenvalue weighted by Gasteiger charge is 2.47. The van der Waals surface area contributed by atoms with Crippen LogP contribution in [0.2, 0.25) is 0 Å². The molecule has 0 saturated carbocycles. The highest BCUT2D eigenvalue weighted by Crippen LogP contribution is 2.27. The summed E-state index contributed by atoms with van der Waals surface area (Å²) in [5.74, 6) is -0.920. The maximum atomic E-state index is 10.9. The fraction of sp³-hybridized carbons (Fsp3) is 0.800. The molecule has 0 N–H and O–H groups in total. The van der Waals surface area contributed by atoms with E-state index in [1.807, 2.05) is 0 Å². The zero-order valence-electron chi connectivity index (χ0n) is 9.76. The van der Waals surface area contributed by atoms with Gasteiger partial charge in [-0.05, 0) is 6.92 Å². The second-order valence-electron chi connectivity index (χ2n) is 3.59. The Kier molecular flexibility index (Phi) is 4.26. The standard InChI is InChI=1S/C10H16O6/c1-5-8(15-6(2)11)9(16-7(3)12)10(13-4)14-5/h5,8-10H,1-4H3/t5-,8-,9-,10?/m0/s1. The van der Waals surface area contributed by atoms with Crippen LogP contribution in [0.15, 0.2) is 0 Å². The van der Waals surface area contributed by atoms with Gasteiger partial charge in [0.1, 0.15) is 0 Å². The van der Waals surface area contributed by atoms with Crippen molar-refractivity contribution in [3.63, 3.8) is 0 Å². The van der Waals surface area contributed by atoms with Crippen molar-refractivity contribution in [2.45, 2.75) is 45.4 Å². The highest BCUT2D eigenvalue weighted by molar-refractivity contribution is 5.67. The van der Waals surface area contributed by atoms with E-state index in [-0.39, 0.29) is 6.10 Å². The lowest BCUT2D eigenvalue weighted by Crippen LogP contribution is -2.39. The number of rotatable bonds is 3. The molecule has 1 aliphatic rings. The van der Waals surface area contributed by atoms with E-state index < -0.39 is 30.4 Å². The first kappa shape index (κ1) is 12.9. The normalized spacial score (nSPS) is 33.5. The van der Waals surface area contributed by atoms with Gasteiger partial charge in [0.15, 0.2) is 18.5 Å². The van der Waals surface area contributed by atoms with Crippen LogP contribution in [0.1, 0.15) is 20.8 Å². The fourth-order valence-electron chi connectivity index (χ4n) is 1.65. The Morgan fingerprint density at radius 3 is 2.00 bits per heavy atom. The van der Waals surface area contributed by atoms with Crippen molar-refractivity contribution in [3.05, 3.63) is 0 Å². The van der Waals surface area contributed by atoms with Crippen LogP contribution in [0.3, 0.4) is 0 Å². The Hall–Kier alpha value is -1.14. The first-order chi connectivity index (χ1) is 7.45. The molecule has 1 unspecified atom stereocenters. The molecule has 4 atom stereocenters. The van der Waals surface area contributed by atoms with E-state index in [4.69, 9.17) is 18.9 Å². The third-order valence-electron chi connectivity index (χ3n) is 2.24. The van der Waals surface area contributed by atoms with Crippen molar-refractivity contribution in [3.8, 4) is 0 Å². The summed E-state index contributed by atoms with van der Waals surface area (Å²) in [6.07, 6.45) is -2.44. The molecular weight excluding hydrogens is 216 g/mol. The largest absolute Gasteiger partial charge is 0.456 e. The molecule has 16 heavy (non-hydrogen) atoms. The van der Waals surface area contributed by atoms with Crippen LogP contribution in [0.5, 0.6) is 0 Å². The Balaban J connectivity index is 2.76. The monoisotopic (exact) mass is 232 g/mol. The minimum absolute atomic E-state index is 0.377. The van der Waals surface area contributed by atoms with Gasteiger partial charge in [-0.3, -0.25) is 9.59 Å². The zero-order chi connectivity index (χ0) is 12.3. The summed E-state index contributed by atoms with van der Waals surface area (Å²) in [4.78, 5) is 21.8. The van der Waals surface area contributed by atoms with Gasteiger partial charge in [-0.25, -0.2) is 0 Å². The quantitative estimate of drug-likeness (QED) is 0.649. The summed E-state index contributed by atoms with van der Waals surface area (Å²) in [5, 5.41) is 0. The minimum Gasteiger partial charge on any atom is -0.456 e. The predicted octanol–water partition coefficient (Wildman–Crippen LogP) is 0.241. The van der Waals surface area contributed by atoms with Gasteiger partial charge >= 0.3 is 11.9 Å². The molecule has 6 heteroatoms. The number of carbonyl (C=O) groups excluding carboxylic acids is 2. The topological polar surface area (TPSA) is 71.1 Å². The van der Waals surface area contributed by atoms with Crippen LogP contribution in [-0.4, -0.2) is 43.7 Å². The van der Waals surface area contributed by atoms with E-state index in [1.54, 1.807) is 6.92 Å². The van der Waals surface area contributed by atoms with Crippen LogP contribution in [-0.2, 0) is 28.5 Å². The van der Waals surface area contributed by atoms with Gasteiger partial charge in [0.05, 0.1) is 6.10 Å². The fourth-order valence-corrected chi connectivity index (χ4v) is 1.65. The number of hydrogen-bond donors (Lipinski definition) is 0. The molecule has 1 saturated heterocycles. The lowest BCUT2D eigenvalue weighted by molar-refractivity contribution is -0.180. The Morgan fingerprint density at radius 1 is 1.06 bits per heavy atom. The highest BCUT2D eigenvalue weighted by atomic mass is 16.7. The van der Waals surface area contributed by atoms with Crippen LogP contribution < -0.4 is 0 Å². The molecule has 0 amide bonds. The lowest BCUT2D eigenvalue weighted by Gasteiger charge is -2.21. The molecule has 0 aromatic carbocycles. The molecule has 1 fully saturated rings. The molecule has 6 nitrogen and oxygen atoms in total. The molecule has 1 heterocycles. The molecule has 1 rings (SSSR count). The summed E-state index contributed by atoms with van der Waals surface area (Å²) in [6.45, 7) is 4.29. The van der Waals surface area contributed by atoms with Crippen molar-refractivity contribution in [1.82, 2.24) is 0 Å². The number of methoxy groups -OCH3 is 1. The Morgan fingerprint density at radius 2 is 1.56 bits per heavy atom. The summed E-state index contributed by atoms with van der Waals surface area (Å²) in [7, 11) is 1.43. The average molecular weight is 232 g/mol. The average Bonchev–Trinajstić information content (AvgIpc) is 2.44. The van der Waals surface area contributed by atoms with Gasteiger partial charge in [-0.15, -0.1) is 0 Å². The van der Waals surface area contributed by atoms with Crippen molar-refractivity contribution < 1.29 is 28.5 Å². The molecule has 0 aliphatic carbocycles. The summed E-state index contributed by atoms with van der Waals surface area (Å²) in [6, 6.07) is 0. The van der Waals surface area contributed by atoms with E-state index in [2.05, 4.69) is 0 Å². The number of esters is 2. The van der Waals surface area contributed by atoms with Crippen LogP contribution in [0.4, 0.5) is 0 Å². The van der Waals surface area contributed by atoms with E-state index in [9.17, 15) is 9.59 Å². The van der Waals surface area contributed by atoms with Gasteiger partial charge in [-0.1, -0.05) is 0 Å². The first-order valence-electron chi connectivity index (χ1n) is 4.98. The van der Waals surface area contributed by atoms with E-state index in [1.165, 1.54) is 21.0 Å². The minimum atomic E-state index is -0.721. The number of hydrogen-bond acceptors (Lipinski definition) is 6. The summed E-state index contributed by atoms with van der Waals surface area (Å²) < 4.78 is 20.5. The van der Waals surface area contributed by atoms with Gasteiger partial charge in [-0.2, -0.15) is 0 Å². The molecule has 0 aromatic rings. The third kappa shape index (κ3) is 2.93. The van der Waals surface area contributed by atoms with E-state index in [0.29, 0.717) is 0 Å². The maximum Gasteiger partial charge on any atom is 0.303 e. The third-order valence-corrected chi connectivity index (χ3v) is 2.24. The number of ether oxygens (including phenoxy) is 4. The summed E-state index contributed by atoms with van der Waals surface area (Å²) in [5.41, 5.74) is 0. The van der Waals surface area contributed by atoms with Crippen LogP contribution in [0.25, 0.3) is 0 Å². The smallest absolute Gasteiger partial charge is 0.303 e. The Bertz CT molecular complexity index is 276. The first-order valence-corrected chi connectivity index (χ1v) is 4.98. The second-order valence-corrected chi connectivity index (χ2v) is 3.59. The molecule has 0 radical (unpaired) electrons. The Labute approximate surface area is 93.8 Å². The van der Waals surface area contributed by atoms with Crippen LogP contribution >= 0.6 is 0 Å². The zero-order valence-corrected chi connectivity index (χ0v) is 9.76. The van der Waals surface area contributed by atoms with Crippen LogP contribution in [0, 0.1) is 0 Å². The molecule has 0 bridgehead atoms. The van der Waals surface area contributed by atoms with E-state index in [0.717, 1.165) is 0 Å².